The molecule has 17 heteroatoms. The Morgan fingerprint density at radius 1 is 0.682 bits per heavy atom. The fourth-order valence-corrected chi connectivity index (χ4v) is 9.09. The first-order chi connectivity index (χ1) is 31.5. The molecule has 7 amide bonds. The van der Waals surface area contributed by atoms with E-state index in [1.54, 1.807) is 25.7 Å². The van der Waals surface area contributed by atoms with Gasteiger partial charge in [0.2, 0.25) is 41.4 Å². The molecule has 0 unspecified atom stereocenters. The molecule has 3 aliphatic rings. The topological polar surface area (TPSA) is 244 Å². The third-order valence-electron chi connectivity index (χ3n) is 13.3. The van der Waals surface area contributed by atoms with Gasteiger partial charge in [-0.05, 0) is 75.0 Å². The number of amides is 7. The van der Waals surface area contributed by atoms with E-state index in [-0.39, 0.29) is 37.6 Å². The van der Waals surface area contributed by atoms with E-state index in [0.717, 1.165) is 30.5 Å². The van der Waals surface area contributed by atoms with Crippen molar-refractivity contribution in [2.75, 3.05) is 13.1 Å². The highest BCUT2D eigenvalue weighted by molar-refractivity contribution is 5.99. The van der Waals surface area contributed by atoms with Gasteiger partial charge in [-0.3, -0.25) is 33.6 Å². The Kier molecular flexibility index (Phi) is 18.7. The Bertz CT molecular complexity index is 2010. The van der Waals surface area contributed by atoms with Gasteiger partial charge in [0.15, 0.2) is 0 Å². The van der Waals surface area contributed by atoms with Crippen molar-refractivity contribution in [3.05, 3.63) is 71.8 Å². The fraction of sp³-hybridized carbons (Fsp3) is 0.592. The van der Waals surface area contributed by atoms with Crippen LogP contribution in [0, 0.1) is 11.8 Å². The molecule has 2 aromatic rings. The number of aliphatic carboxylic acids is 1. The van der Waals surface area contributed by atoms with E-state index in [1.807, 2.05) is 67.6 Å². The summed E-state index contributed by atoms with van der Waals surface area (Å²) in [5.74, 6) is -5.76. The molecule has 2 saturated heterocycles. The van der Waals surface area contributed by atoms with Gasteiger partial charge in [0, 0.05) is 19.4 Å². The number of carbonyl (C=O) groups excluding carboxylic acids is 7. The average molecular weight is 915 g/mol. The first kappa shape index (κ1) is 51.1. The first-order valence-corrected chi connectivity index (χ1v) is 23.7. The maximum Gasteiger partial charge on any atom is 0.326 e. The number of nitrogens with one attached hydrogen (secondary N) is 7. The molecule has 2 aliphatic heterocycles. The zero-order chi connectivity index (χ0) is 48.0. The lowest BCUT2D eigenvalue weighted by molar-refractivity contribution is -0.143. The Morgan fingerprint density at radius 2 is 1.29 bits per heavy atom. The molecule has 8 N–H and O–H groups in total. The highest BCUT2D eigenvalue weighted by Gasteiger charge is 2.45. The Balaban J connectivity index is 1.37. The zero-order valence-corrected chi connectivity index (χ0v) is 39.0. The molecule has 1 aliphatic carbocycles. The molecular formula is C49H70N8O9. The lowest BCUT2D eigenvalue weighted by Gasteiger charge is -2.39. The van der Waals surface area contributed by atoms with Crippen LogP contribution in [0.15, 0.2) is 60.7 Å². The Labute approximate surface area is 388 Å². The van der Waals surface area contributed by atoms with Crippen molar-refractivity contribution < 1.29 is 43.5 Å². The number of hydrogen-bond acceptors (Lipinski definition) is 9. The predicted molar refractivity (Wildman–Crippen MR) is 247 cm³/mol. The summed E-state index contributed by atoms with van der Waals surface area (Å²) in [6.45, 7) is 9.55. The Hall–Kier alpha value is -5.84. The zero-order valence-electron chi connectivity index (χ0n) is 39.0. The molecule has 3 fully saturated rings. The van der Waals surface area contributed by atoms with Crippen molar-refractivity contribution in [3.63, 3.8) is 0 Å². The molecular weight excluding hydrogens is 845 g/mol. The number of carboxylic acids is 1. The minimum absolute atomic E-state index is 0.0544. The summed E-state index contributed by atoms with van der Waals surface area (Å²) in [6.07, 6.45) is 5.83. The summed E-state index contributed by atoms with van der Waals surface area (Å²) in [7, 11) is 0. The number of benzene rings is 2. The van der Waals surface area contributed by atoms with Gasteiger partial charge in [0.1, 0.15) is 41.8 Å². The Morgan fingerprint density at radius 3 is 1.83 bits per heavy atom. The van der Waals surface area contributed by atoms with Crippen molar-refractivity contribution in [1.82, 2.24) is 42.1 Å². The van der Waals surface area contributed by atoms with Crippen LogP contribution in [0.5, 0.6) is 0 Å². The van der Waals surface area contributed by atoms with Crippen LogP contribution in [0.25, 0.3) is 0 Å². The van der Waals surface area contributed by atoms with Crippen LogP contribution in [-0.2, 0) is 51.2 Å². The van der Waals surface area contributed by atoms with Gasteiger partial charge < -0.3 is 47.2 Å². The number of rotatable bonds is 21. The second-order valence-corrected chi connectivity index (χ2v) is 18.6. The average Bonchev–Trinajstić information content (AvgIpc) is 4.04. The van der Waals surface area contributed by atoms with Crippen LogP contribution in [0.2, 0.25) is 0 Å². The molecule has 17 nitrogen and oxygen atoms in total. The van der Waals surface area contributed by atoms with Crippen molar-refractivity contribution in [3.8, 4) is 0 Å². The minimum atomic E-state index is -1.46. The second kappa shape index (κ2) is 24.1. The van der Waals surface area contributed by atoms with Crippen LogP contribution in [0.4, 0.5) is 0 Å². The minimum Gasteiger partial charge on any atom is -0.480 e. The van der Waals surface area contributed by atoms with Crippen LogP contribution in [0.1, 0.15) is 110 Å². The van der Waals surface area contributed by atoms with Crippen molar-refractivity contribution >= 4 is 47.3 Å². The normalized spacial score (nSPS) is 20.7. The molecule has 0 spiro atoms. The third-order valence-corrected chi connectivity index (χ3v) is 13.3. The van der Waals surface area contributed by atoms with E-state index in [2.05, 4.69) is 37.2 Å². The lowest BCUT2D eigenvalue weighted by Crippen LogP contribution is -2.66. The van der Waals surface area contributed by atoms with Gasteiger partial charge in [-0.15, -0.1) is 0 Å². The fourth-order valence-electron chi connectivity index (χ4n) is 9.09. The molecule has 5 rings (SSSR count). The van der Waals surface area contributed by atoms with Gasteiger partial charge in [0.05, 0.1) is 6.04 Å². The number of carboxylic acid groups (broad SMARTS) is 1. The highest BCUT2D eigenvalue weighted by Crippen LogP contribution is 2.30. The predicted octanol–water partition coefficient (Wildman–Crippen LogP) is 2.26. The quantitative estimate of drug-likeness (QED) is 0.0909. The molecule has 360 valence electrons. The van der Waals surface area contributed by atoms with Crippen LogP contribution >= 0.6 is 0 Å². The monoisotopic (exact) mass is 915 g/mol. The van der Waals surface area contributed by atoms with Crippen molar-refractivity contribution in [2.45, 2.75) is 160 Å². The second-order valence-electron chi connectivity index (χ2n) is 18.6. The molecule has 2 heterocycles. The summed E-state index contributed by atoms with van der Waals surface area (Å²) in [6, 6.07) is 11.5. The number of carbonyl (C=O) groups is 8. The van der Waals surface area contributed by atoms with E-state index in [4.69, 9.17) is 0 Å². The molecule has 0 bridgehead atoms. The van der Waals surface area contributed by atoms with Gasteiger partial charge in [-0.25, -0.2) is 4.79 Å². The maximum absolute atomic E-state index is 14.7. The van der Waals surface area contributed by atoms with E-state index >= 15 is 0 Å². The highest BCUT2D eigenvalue weighted by atomic mass is 16.4. The number of nitrogens with zero attached hydrogens (tertiary/aromatic N) is 1. The van der Waals surface area contributed by atoms with E-state index < -0.39 is 95.0 Å². The third kappa shape index (κ3) is 13.6. The first-order valence-electron chi connectivity index (χ1n) is 23.7. The smallest absolute Gasteiger partial charge is 0.326 e. The van der Waals surface area contributed by atoms with E-state index in [1.165, 1.54) is 6.92 Å². The molecule has 1 saturated carbocycles. The molecule has 66 heavy (non-hydrogen) atoms. The SMILES string of the molecule is CC[C@H](C)[C@H](NC(=O)C1(NC(=O)[C@H](Cc2ccccc2)NC(=O)[C@H](Cc2ccccc2)NC(=O)[C@@H]2CCCN2C(=O)[C@@H]2CCCN2)CCCCC1)C(=O)N[C@H](C)C(=O)N[C@H](C(=O)O)C(C)C. The van der Waals surface area contributed by atoms with Gasteiger partial charge in [-0.1, -0.05) is 114 Å². The van der Waals surface area contributed by atoms with Crippen LogP contribution in [-0.4, -0.2) is 118 Å². The van der Waals surface area contributed by atoms with Crippen LogP contribution in [0.3, 0.4) is 0 Å². The van der Waals surface area contributed by atoms with Crippen molar-refractivity contribution in [1.29, 1.82) is 0 Å². The standard InChI is InChI=1S/C49H70N8O9/c1-6-31(4)40(45(62)51-32(5)41(58)54-39(30(2)3)47(64)65)55-48(66)49(24-14-9-15-25-49)56-43(60)37(29-34-20-12-8-13-21-34)52-42(59)36(28-33-18-10-7-11-19-33)53-44(61)38-23-17-27-57(38)46(63)35-22-16-26-50-35/h7-8,10-13,18-21,30-32,35-40,50H,6,9,14-17,22-29H2,1-5H3,(H,51,62)(H,52,59)(H,53,61)(H,54,58)(H,55,66)(H,56,60)(H,64,65)/t31-,32+,35-,36-,37-,38-,39-,40-/m0/s1. The summed E-state index contributed by atoms with van der Waals surface area (Å²) < 4.78 is 0. The maximum atomic E-state index is 14.7. The van der Waals surface area contributed by atoms with Gasteiger partial charge in [-0.2, -0.15) is 0 Å². The summed E-state index contributed by atoms with van der Waals surface area (Å²) in [5, 5.41) is 29.7. The number of likely N-dealkylation sites (tertiary alicyclic amines) is 1. The number of hydrogen-bond donors (Lipinski definition) is 8. The van der Waals surface area contributed by atoms with Gasteiger partial charge >= 0.3 is 5.97 Å². The lowest BCUT2D eigenvalue weighted by atomic mass is 9.80. The summed E-state index contributed by atoms with van der Waals surface area (Å²) >= 11 is 0. The molecule has 0 radical (unpaired) electrons. The molecule has 8 atom stereocenters. The van der Waals surface area contributed by atoms with Crippen LogP contribution < -0.4 is 37.2 Å². The van der Waals surface area contributed by atoms with Crippen molar-refractivity contribution in [2.24, 2.45) is 11.8 Å². The summed E-state index contributed by atoms with van der Waals surface area (Å²) in [5.41, 5.74) is 0.0451. The summed E-state index contributed by atoms with van der Waals surface area (Å²) in [4.78, 5) is 112. The molecule has 2 aromatic carbocycles. The largest absolute Gasteiger partial charge is 0.480 e. The molecule has 0 aromatic heterocycles. The van der Waals surface area contributed by atoms with E-state index in [9.17, 15) is 43.5 Å². The van der Waals surface area contributed by atoms with E-state index in [0.29, 0.717) is 45.1 Å². The van der Waals surface area contributed by atoms with Gasteiger partial charge in [0.25, 0.3) is 0 Å².